The molecule has 0 saturated carbocycles. The van der Waals surface area contributed by atoms with Crippen LogP contribution < -0.4 is 5.32 Å². The molecule has 0 radical (unpaired) electrons. The van der Waals surface area contributed by atoms with Gasteiger partial charge in [-0.3, -0.25) is 14.4 Å². The third kappa shape index (κ3) is 6.28. The van der Waals surface area contributed by atoms with Crippen molar-refractivity contribution in [1.29, 1.82) is 10.5 Å². The van der Waals surface area contributed by atoms with Crippen molar-refractivity contribution in [3.05, 3.63) is 51.7 Å². The maximum absolute atomic E-state index is 12.0. The Morgan fingerprint density at radius 2 is 1.98 bits per heavy atom. The lowest BCUT2D eigenvalue weighted by Gasteiger charge is -2.09. The van der Waals surface area contributed by atoms with Gasteiger partial charge in [-0.2, -0.15) is 23.6 Å². The number of amides is 1. The molecule has 0 aliphatic heterocycles. The van der Waals surface area contributed by atoms with Crippen molar-refractivity contribution >= 4 is 49.7 Å². The molecule has 1 atom stereocenters. The Kier molecular flexibility index (Phi) is 8.24. The fourth-order valence-electron chi connectivity index (χ4n) is 3.78. The highest BCUT2D eigenvalue weighted by atomic mass is 32.2. The number of carboxylic acids is 1. The first-order valence-electron chi connectivity index (χ1n) is 11.8. The second-order valence-electron chi connectivity index (χ2n) is 8.79. The van der Waals surface area contributed by atoms with E-state index in [1.807, 2.05) is 12.1 Å². The van der Waals surface area contributed by atoms with Gasteiger partial charge in [0.2, 0.25) is 11.6 Å². The minimum atomic E-state index is -4.27. The van der Waals surface area contributed by atoms with Crippen molar-refractivity contribution in [2.75, 3.05) is 12.3 Å². The number of carbonyl (C=O) groups excluding carboxylic acids is 1. The summed E-state index contributed by atoms with van der Waals surface area (Å²) in [5, 5.41) is 47.3. The van der Waals surface area contributed by atoms with Crippen molar-refractivity contribution in [3.8, 4) is 23.4 Å². The Bertz CT molecular complexity index is 1890. The van der Waals surface area contributed by atoms with E-state index in [1.165, 1.54) is 10.7 Å². The predicted molar refractivity (Wildman–Crippen MR) is 145 cm³/mol. The van der Waals surface area contributed by atoms with Gasteiger partial charge in [-0.1, -0.05) is 25.1 Å². The molecule has 4 rings (SSSR count). The van der Waals surface area contributed by atoms with Gasteiger partial charge >= 0.3 is 5.97 Å². The number of rotatable bonds is 10. The molecule has 0 aliphatic carbocycles. The van der Waals surface area contributed by atoms with Gasteiger partial charge < -0.3 is 10.4 Å². The summed E-state index contributed by atoms with van der Waals surface area (Å²) in [4.78, 5) is 28.7. The molecule has 210 valence electrons. The zero-order valence-electron chi connectivity index (χ0n) is 21.5. The molecule has 0 saturated heterocycles. The van der Waals surface area contributed by atoms with E-state index in [0.29, 0.717) is 10.4 Å². The number of azo groups is 1. The number of nitriles is 2. The molecule has 41 heavy (non-hydrogen) atoms. The van der Waals surface area contributed by atoms with E-state index < -0.39 is 40.1 Å². The summed E-state index contributed by atoms with van der Waals surface area (Å²) in [5.74, 6) is -2.64. The lowest BCUT2D eigenvalue weighted by Crippen LogP contribution is -2.29. The Morgan fingerprint density at radius 1 is 1.24 bits per heavy atom. The Hall–Kier alpha value is -4.97. The van der Waals surface area contributed by atoms with Gasteiger partial charge in [0.25, 0.3) is 10.1 Å². The minimum Gasteiger partial charge on any atom is -0.478 e. The van der Waals surface area contributed by atoms with Crippen LogP contribution in [0.3, 0.4) is 0 Å². The fraction of sp³-hybridized carbons (Fsp3) is 0.250. The molecule has 3 heterocycles. The Morgan fingerprint density at radius 3 is 2.63 bits per heavy atom. The maximum atomic E-state index is 12.0. The van der Waals surface area contributed by atoms with E-state index >= 15 is 0 Å². The molecule has 17 heteroatoms. The van der Waals surface area contributed by atoms with Crippen LogP contribution in [0.15, 0.2) is 34.5 Å². The number of hydrogen-bond acceptors (Lipinski definition) is 11. The van der Waals surface area contributed by atoms with E-state index in [4.69, 9.17) is 4.55 Å². The van der Waals surface area contributed by atoms with Crippen molar-refractivity contribution in [2.45, 2.75) is 26.2 Å². The van der Waals surface area contributed by atoms with E-state index in [0.717, 1.165) is 11.3 Å². The van der Waals surface area contributed by atoms with Gasteiger partial charge in [-0.25, -0.2) is 9.78 Å². The third-order valence-corrected chi connectivity index (χ3v) is 7.73. The number of carboxylic acid groups (broad SMARTS) is 1. The largest absolute Gasteiger partial charge is 0.478 e. The zero-order chi connectivity index (χ0) is 29.9. The molecule has 1 unspecified atom stereocenters. The second kappa shape index (κ2) is 11.6. The maximum Gasteiger partial charge on any atom is 0.336 e. The van der Waals surface area contributed by atoms with Crippen molar-refractivity contribution in [2.24, 2.45) is 10.2 Å². The highest BCUT2D eigenvalue weighted by Gasteiger charge is 2.24. The topological polar surface area (TPSA) is 239 Å². The first-order chi connectivity index (χ1) is 19.4. The SMILES string of the molecule is Cc1c(C#N)sc(N=Nc2c(-c3ccccc3C(=O)O)[nH]n3nc(C(C)CNC(=O)CCS(=O)(=O)O)nc23)c1C#N. The smallest absolute Gasteiger partial charge is 0.336 e. The fourth-order valence-corrected chi connectivity index (χ4v) is 5.10. The van der Waals surface area contributed by atoms with Crippen LogP contribution in [-0.2, 0) is 14.9 Å². The number of carbonyl (C=O) groups is 2. The highest BCUT2D eigenvalue weighted by Crippen LogP contribution is 2.39. The molecular weight excluding hydrogens is 574 g/mol. The summed E-state index contributed by atoms with van der Waals surface area (Å²) in [7, 11) is -4.27. The molecule has 0 fully saturated rings. The first-order valence-corrected chi connectivity index (χ1v) is 14.2. The van der Waals surface area contributed by atoms with Gasteiger partial charge in [-0.05, 0) is 18.6 Å². The van der Waals surface area contributed by atoms with Crippen LogP contribution >= 0.6 is 11.3 Å². The summed E-state index contributed by atoms with van der Waals surface area (Å²) < 4.78 is 31.8. The number of nitrogens with one attached hydrogen (secondary N) is 2. The summed E-state index contributed by atoms with van der Waals surface area (Å²) in [6.07, 6.45) is -0.416. The number of nitrogens with zero attached hydrogens (tertiary/aromatic N) is 7. The monoisotopic (exact) mass is 595 g/mol. The van der Waals surface area contributed by atoms with Crippen LogP contribution in [-0.4, -0.2) is 62.1 Å². The van der Waals surface area contributed by atoms with Gasteiger partial charge in [0.15, 0.2) is 16.5 Å². The van der Waals surface area contributed by atoms with E-state index in [-0.39, 0.29) is 51.1 Å². The average Bonchev–Trinajstić information content (AvgIpc) is 3.59. The van der Waals surface area contributed by atoms with Gasteiger partial charge in [0, 0.05) is 24.4 Å². The molecule has 1 aromatic carbocycles. The van der Waals surface area contributed by atoms with E-state index in [2.05, 4.69) is 30.7 Å². The van der Waals surface area contributed by atoms with Gasteiger partial charge in [-0.15, -0.1) is 26.7 Å². The standard InChI is InChI=1S/C24H21N9O6S2/c1-12(11-27-18(34)7-8-41(37,38)39)21-28-22-20(29-30-23-16(9-25)13(2)17(10-26)40-23)19(31-33(22)32-21)14-5-3-4-6-15(14)24(35)36/h3-6,12,31H,7-8,11H2,1-2H3,(H,27,34)(H,35,36)(H,37,38,39). The molecule has 3 aromatic heterocycles. The van der Waals surface area contributed by atoms with Crippen LogP contribution in [0.2, 0.25) is 0 Å². The van der Waals surface area contributed by atoms with Crippen LogP contribution in [0, 0.1) is 29.6 Å². The van der Waals surface area contributed by atoms with Crippen molar-refractivity contribution < 1.29 is 27.7 Å². The number of aromatic amines is 1. The summed E-state index contributed by atoms with van der Waals surface area (Å²) in [6, 6.07) is 10.2. The molecule has 0 aliphatic rings. The molecule has 1 amide bonds. The molecule has 0 bridgehead atoms. The highest BCUT2D eigenvalue weighted by molar-refractivity contribution is 7.85. The van der Waals surface area contributed by atoms with Crippen molar-refractivity contribution in [3.63, 3.8) is 0 Å². The number of aromatic nitrogens is 4. The number of H-pyrrole nitrogens is 1. The predicted octanol–water partition coefficient (Wildman–Crippen LogP) is 3.45. The van der Waals surface area contributed by atoms with Crippen LogP contribution in [0.4, 0.5) is 10.7 Å². The molecule has 0 spiro atoms. The molecule has 4 N–H and O–H groups in total. The number of thiophene rings is 1. The number of aromatic carboxylic acids is 1. The van der Waals surface area contributed by atoms with Gasteiger partial charge in [0.05, 0.1) is 22.6 Å². The lowest BCUT2D eigenvalue weighted by molar-refractivity contribution is -0.120. The van der Waals surface area contributed by atoms with Gasteiger partial charge in [0.1, 0.15) is 17.0 Å². The number of benzene rings is 1. The minimum absolute atomic E-state index is 0.0221. The van der Waals surface area contributed by atoms with Crippen LogP contribution in [0.5, 0.6) is 0 Å². The zero-order valence-corrected chi connectivity index (χ0v) is 23.1. The quantitative estimate of drug-likeness (QED) is 0.154. The molecule has 4 aromatic rings. The molecular formula is C24H21N9O6S2. The molecule has 15 nitrogen and oxygen atoms in total. The van der Waals surface area contributed by atoms with Crippen LogP contribution in [0.25, 0.3) is 16.9 Å². The average molecular weight is 596 g/mol. The first kappa shape index (κ1) is 29.0. The Balaban J connectivity index is 1.74. The normalized spacial score (nSPS) is 12.3. The summed E-state index contributed by atoms with van der Waals surface area (Å²) >= 11 is 0.988. The van der Waals surface area contributed by atoms with Crippen molar-refractivity contribution in [1.82, 2.24) is 25.1 Å². The third-order valence-electron chi connectivity index (χ3n) is 5.93. The van der Waals surface area contributed by atoms with Crippen LogP contribution in [0.1, 0.15) is 51.4 Å². The van der Waals surface area contributed by atoms with E-state index in [9.17, 15) is 33.6 Å². The summed E-state index contributed by atoms with van der Waals surface area (Å²) in [6.45, 7) is 3.40. The number of hydrogen-bond donors (Lipinski definition) is 4. The number of fused-ring (bicyclic) bond motifs is 1. The lowest BCUT2D eigenvalue weighted by atomic mass is 10.0. The van der Waals surface area contributed by atoms with E-state index in [1.54, 1.807) is 32.0 Å². The second-order valence-corrected chi connectivity index (χ2v) is 11.4. The summed E-state index contributed by atoms with van der Waals surface area (Å²) in [5.41, 5.74) is 1.46. The Labute approximate surface area is 236 Å².